The number of hydrogen-bond acceptors (Lipinski definition) is 3. The molecule has 1 aliphatic heterocycles. The van der Waals surface area contributed by atoms with Gasteiger partial charge in [0.25, 0.3) is 0 Å². The third-order valence-corrected chi connectivity index (χ3v) is 2.56. The lowest BCUT2D eigenvalue weighted by Gasteiger charge is -2.11. The number of aliphatic carboxylic acids is 1. The van der Waals surface area contributed by atoms with Crippen LogP contribution >= 0.6 is 0 Å². The summed E-state index contributed by atoms with van der Waals surface area (Å²) in [7, 11) is 0. The van der Waals surface area contributed by atoms with E-state index in [1.54, 1.807) is 0 Å². The normalized spacial score (nSPS) is 15.5. The average molecular weight is 222 g/mol. The van der Waals surface area contributed by atoms with Crippen molar-refractivity contribution in [1.82, 2.24) is 0 Å². The maximum absolute atomic E-state index is 10.5. The largest absolute Gasteiger partial charge is 0.489 e. The molecule has 4 nitrogen and oxygen atoms in total. The number of ether oxygens (including phenoxy) is 2. The van der Waals surface area contributed by atoms with Gasteiger partial charge in [-0.2, -0.15) is 0 Å². The highest BCUT2D eigenvalue weighted by Crippen LogP contribution is 2.30. The fourth-order valence-corrected chi connectivity index (χ4v) is 1.65. The molecule has 0 unspecified atom stereocenters. The second-order valence-corrected chi connectivity index (χ2v) is 3.87. The van der Waals surface area contributed by atoms with E-state index in [4.69, 9.17) is 14.6 Å². The molecule has 0 aliphatic carbocycles. The number of hydrogen-bond donors (Lipinski definition) is 1. The highest BCUT2D eigenvalue weighted by molar-refractivity contribution is 5.66. The van der Waals surface area contributed by atoms with Crippen LogP contribution in [0, 0.1) is 5.92 Å². The highest BCUT2D eigenvalue weighted by Gasteiger charge is 2.18. The number of benzene rings is 1. The minimum Gasteiger partial charge on any atom is -0.489 e. The summed E-state index contributed by atoms with van der Waals surface area (Å²) in [4.78, 5) is 10.5. The second-order valence-electron chi connectivity index (χ2n) is 3.87. The molecular formula is C12H14O4. The lowest BCUT2D eigenvalue weighted by molar-refractivity contribution is -0.137. The van der Waals surface area contributed by atoms with Crippen LogP contribution < -0.4 is 9.47 Å². The predicted molar refractivity (Wildman–Crippen MR) is 57.8 cm³/mol. The van der Waals surface area contributed by atoms with E-state index in [1.165, 1.54) is 0 Å². The van der Waals surface area contributed by atoms with Crippen molar-refractivity contribution in [2.45, 2.75) is 12.8 Å². The number of carbonyl (C=O) groups is 1. The van der Waals surface area contributed by atoms with Crippen molar-refractivity contribution in [1.29, 1.82) is 0 Å². The van der Waals surface area contributed by atoms with Crippen LogP contribution in [0.4, 0.5) is 0 Å². The van der Waals surface area contributed by atoms with Crippen LogP contribution in [0.1, 0.15) is 12.8 Å². The summed E-state index contributed by atoms with van der Waals surface area (Å²) < 4.78 is 11.2. The summed E-state index contributed by atoms with van der Waals surface area (Å²) in [5, 5.41) is 8.61. The minimum absolute atomic E-state index is 0.142. The van der Waals surface area contributed by atoms with Gasteiger partial charge in [0.15, 0.2) is 11.5 Å². The van der Waals surface area contributed by atoms with Crippen LogP contribution in [0.15, 0.2) is 24.3 Å². The molecule has 16 heavy (non-hydrogen) atoms. The quantitative estimate of drug-likeness (QED) is 0.849. The van der Waals surface area contributed by atoms with E-state index >= 15 is 0 Å². The van der Waals surface area contributed by atoms with Gasteiger partial charge in [-0.15, -0.1) is 0 Å². The Hall–Kier alpha value is -1.71. The zero-order chi connectivity index (χ0) is 11.4. The molecule has 1 heterocycles. The Labute approximate surface area is 93.8 Å². The van der Waals surface area contributed by atoms with Gasteiger partial charge in [-0.3, -0.25) is 4.79 Å². The van der Waals surface area contributed by atoms with E-state index in [0.717, 1.165) is 11.5 Å². The molecule has 0 amide bonds. The summed E-state index contributed by atoms with van der Waals surface area (Å²) in [5.41, 5.74) is 0. The molecule has 0 radical (unpaired) electrons. The topological polar surface area (TPSA) is 55.8 Å². The molecule has 1 N–H and O–H groups in total. The third kappa shape index (κ3) is 2.66. The van der Waals surface area contributed by atoms with Gasteiger partial charge in [0, 0.05) is 12.3 Å². The maximum Gasteiger partial charge on any atom is 0.303 e. The smallest absolute Gasteiger partial charge is 0.303 e. The first-order chi connectivity index (χ1) is 7.75. The molecule has 86 valence electrons. The Kier molecular flexibility index (Phi) is 3.29. The number of carboxylic acids is 1. The Balaban J connectivity index is 1.94. The summed E-state index contributed by atoms with van der Waals surface area (Å²) in [5.74, 6) is 0.839. The second kappa shape index (κ2) is 4.88. The zero-order valence-corrected chi connectivity index (χ0v) is 8.89. The van der Waals surface area contributed by atoms with Crippen molar-refractivity contribution >= 4 is 5.97 Å². The molecular weight excluding hydrogens is 208 g/mol. The third-order valence-electron chi connectivity index (χ3n) is 2.56. The van der Waals surface area contributed by atoms with E-state index in [2.05, 4.69) is 0 Å². The highest BCUT2D eigenvalue weighted by atomic mass is 16.5. The summed E-state index contributed by atoms with van der Waals surface area (Å²) in [6.45, 7) is 1.04. The number of para-hydroxylation sites is 2. The van der Waals surface area contributed by atoms with E-state index in [0.29, 0.717) is 19.6 Å². The molecule has 1 aromatic rings. The molecule has 4 heteroatoms. The molecule has 0 saturated carbocycles. The SMILES string of the molecule is O=C(O)CCC1COc2ccccc2OC1. The standard InChI is InChI=1S/C12H14O4/c13-12(14)6-5-9-7-15-10-3-1-2-4-11(10)16-8-9/h1-4,9H,5-8H2,(H,13,14). The van der Waals surface area contributed by atoms with E-state index in [-0.39, 0.29) is 12.3 Å². The van der Waals surface area contributed by atoms with Gasteiger partial charge < -0.3 is 14.6 Å². The molecule has 0 atom stereocenters. The van der Waals surface area contributed by atoms with E-state index in [9.17, 15) is 4.79 Å². The first kappa shape index (κ1) is 10.8. The predicted octanol–water partition coefficient (Wildman–Crippen LogP) is 1.94. The van der Waals surface area contributed by atoms with Crippen LogP contribution in [0.5, 0.6) is 11.5 Å². The van der Waals surface area contributed by atoms with Crippen molar-refractivity contribution in [3.63, 3.8) is 0 Å². The molecule has 0 aromatic heterocycles. The maximum atomic E-state index is 10.5. The summed E-state index contributed by atoms with van der Waals surface area (Å²) in [6.07, 6.45) is 0.747. The van der Waals surface area contributed by atoms with Gasteiger partial charge in [-0.1, -0.05) is 12.1 Å². The summed E-state index contributed by atoms with van der Waals surface area (Å²) in [6, 6.07) is 7.49. The van der Waals surface area contributed by atoms with Gasteiger partial charge in [-0.05, 0) is 18.6 Å². The van der Waals surface area contributed by atoms with Crippen molar-refractivity contribution in [3.05, 3.63) is 24.3 Å². The van der Waals surface area contributed by atoms with Gasteiger partial charge in [0.1, 0.15) is 0 Å². The Bertz CT molecular complexity index is 348. The lowest BCUT2D eigenvalue weighted by atomic mass is 10.1. The van der Waals surface area contributed by atoms with Crippen LogP contribution in [-0.2, 0) is 4.79 Å². The van der Waals surface area contributed by atoms with Gasteiger partial charge in [0.05, 0.1) is 13.2 Å². The lowest BCUT2D eigenvalue weighted by Crippen LogP contribution is -2.18. The first-order valence-electron chi connectivity index (χ1n) is 5.32. The van der Waals surface area contributed by atoms with Crippen molar-refractivity contribution < 1.29 is 19.4 Å². The van der Waals surface area contributed by atoms with Crippen LogP contribution in [0.3, 0.4) is 0 Å². The number of rotatable bonds is 3. The van der Waals surface area contributed by atoms with Crippen LogP contribution in [0.25, 0.3) is 0 Å². The van der Waals surface area contributed by atoms with Gasteiger partial charge in [-0.25, -0.2) is 0 Å². The molecule has 2 rings (SSSR count). The van der Waals surface area contributed by atoms with Gasteiger partial charge >= 0.3 is 5.97 Å². The Morgan fingerprint density at radius 2 is 1.81 bits per heavy atom. The molecule has 0 saturated heterocycles. The zero-order valence-electron chi connectivity index (χ0n) is 8.89. The molecule has 1 aliphatic rings. The fourth-order valence-electron chi connectivity index (χ4n) is 1.65. The van der Waals surface area contributed by atoms with Crippen molar-refractivity contribution in [3.8, 4) is 11.5 Å². The molecule has 0 fully saturated rings. The Morgan fingerprint density at radius 3 is 2.31 bits per heavy atom. The number of fused-ring (bicyclic) bond motifs is 1. The Morgan fingerprint density at radius 1 is 1.25 bits per heavy atom. The number of carboxylic acid groups (broad SMARTS) is 1. The van der Waals surface area contributed by atoms with E-state index in [1.807, 2.05) is 24.3 Å². The van der Waals surface area contributed by atoms with Crippen LogP contribution in [-0.4, -0.2) is 24.3 Å². The van der Waals surface area contributed by atoms with Crippen LogP contribution in [0.2, 0.25) is 0 Å². The fraction of sp³-hybridized carbons (Fsp3) is 0.417. The monoisotopic (exact) mass is 222 g/mol. The van der Waals surface area contributed by atoms with E-state index < -0.39 is 5.97 Å². The van der Waals surface area contributed by atoms with Crippen molar-refractivity contribution in [2.24, 2.45) is 5.92 Å². The van der Waals surface area contributed by atoms with Crippen molar-refractivity contribution in [2.75, 3.05) is 13.2 Å². The summed E-state index contributed by atoms with van der Waals surface area (Å²) >= 11 is 0. The first-order valence-corrected chi connectivity index (χ1v) is 5.32. The molecule has 1 aromatic carbocycles. The average Bonchev–Trinajstić information content (AvgIpc) is 2.49. The van der Waals surface area contributed by atoms with Gasteiger partial charge in [0.2, 0.25) is 0 Å². The minimum atomic E-state index is -0.776. The molecule has 0 spiro atoms. The molecule has 0 bridgehead atoms.